The number of halogens is 3. The van der Waals surface area contributed by atoms with Gasteiger partial charge in [0.1, 0.15) is 5.60 Å². The Morgan fingerprint density at radius 2 is 1.60 bits per heavy atom. The first-order valence-corrected chi connectivity index (χ1v) is 16.8. The quantitative estimate of drug-likeness (QED) is 0.288. The minimum atomic E-state index is -2.75. The van der Waals surface area contributed by atoms with Crippen LogP contribution >= 0.6 is 34.8 Å². The second-order valence-corrected chi connectivity index (χ2v) is 15.7. The number of ether oxygens (including phenoxy) is 1. The lowest BCUT2D eigenvalue weighted by molar-refractivity contribution is -0.0118. The molecule has 5 rings (SSSR count). The van der Waals surface area contributed by atoms with Gasteiger partial charge in [0.05, 0.1) is 26.1 Å². The van der Waals surface area contributed by atoms with E-state index in [1.165, 1.54) is 0 Å². The first-order valence-electron chi connectivity index (χ1n) is 13.8. The lowest BCUT2D eigenvalue weighted by Gasteiger charge is -2.44. The number of rotatable bonds is 4. The number of carbonyl (C=O) groups is 2. The van der Waals surface area contributed by atoms with Crippen molar-refractivity contribution in [3.05, 3.63) is 68.8 Å². The van der Waals surface area contributed by atoms with Gasteiger partial charge in [0, 0.05) is 45.8 Å². The van der Waals surface area contributed by atoms with Crippen molar-refractivity contribution in [1.82, 2.24) is 14.7 Å². The zero-order valence-electron chi connectivity index (χ0n) is 23.9. The Morgan fingerprint density at radius 1 is 0.976 bits per heavy atom. The molecule has 2 aliphatic heterocycles. The van der Waals surface area contributed by atoms with Gasteiger partial charge >= 0.3 is 12.0 Å². The molecule has 224 valence electrons. The van der Waals surface area contributed by atoms with Gasteiger partial charge in [0.15, 0.2) is 5.69 Å². The fourth-order valence-electron chi connectivity index (χ4n) is 5.43. The van der Waals surface area contributed by atoms with Gasteiger partial charge in [-0.3, -0.25) is 4.79 Å². The van der Waals surface area contributed by atoms with E-state index in [1.807, 2.05) is 32.9 Å². The maximum Gasteiger partial charge on any atom is 0.410 e. The summed E-state index contributed by atoms with van der Waals surface area (Å²) in [7, 11) is -2.75. The van der Waals surface area contributed by atoms with Crippen LogP contribution < -0.4 is 0 Å². The summed E-state index contributed by atoms with van der Waals surface area (Å²) in [5.74, 6) is 0.710. The molecule has 2 aliphatic rings. The van der Waals surface area contributed by atoms with E-state index in [4.69, 9.17) is 39.5 Å². The van der Waals surface area contributed by atoms with E-state index in [0.717, 1.165) is 5.56 Å². The minimum Gasteiger partial charge on any atom is -0.444 e. The van der Waals surface area contributed by atoms with Crippen molar-refractivity contribution >= 4 is 56.5 Å². The van der Waals surface area contributed by atoms with Crippen molar-refractivity contribution in [3.8, 4) is 16.9 Å². The molecule has 2 amide bonds. The summed E-state index contributed by atoms with van der Waals surface area (Å²) in [5.41, 5.74) is 2.14. The summed E-state index contributed by atoms with van der Waals surface area (Å²) in [6.07, 6.45) is 1.07. The van der Waals surface area contributed by atoms with E-state index in [2.05, 4.69) is 9.46 Å². The van der Waals surface area contributed by atoms with Crippen molar-refractivity contribution in [2.75, 3.05) is 24.6 Å². The summed E-state index contributed by atoms with van der Waals surface area (Å²) in [4.78, 5) is 27.5. The fraction of sp³-hybridized carbons (Fsp3) is 0.433. The molecule has 2 saturated heterocycles. The third-order valence-corrected chi connectivity index (χ3v) is 10.7. The number of aromatic nitrogens is 2. The topological polar surface area (TPSA) is 93.9 Å². The Kier molecular flexibility index (Phi) is 8.69. The molecule has 0 radical (unpaired) electrons. The van der Waals surface area contributed by atoms with Crippen LogP contribution in [0.5, 0.6) is 0 Å². The van der Waals surface area contributed by atoms with E-state index in [1.54, 1.807) is 46.8 Å². The standard InChI is InChI=1S/C30H33Cl3N4O4S/c1-18-26(34-37(25-10-9-23(32)15-24(25)33)27(18)20-5-7-22(31)8-6-20)28(38)35-42(40)13-11-19(12-14-42)21-16-36(17-21)29(39)41-30(2,3)4/h5-10,15,19,21H,11-14,16-17H2,1-4H3. The number of amides is 2. The number of hydrogen-bond acceptors (Lipinski definition) is 5. The summed E-state index contributed by atoms with van der Waals surface area (Å²) in [6.45, 7) is 8.60. The summed E-state index contributed by atoms with van der Waals surface area (Å²) in [6, 6.07) is 12.2. The summed E-state index contributed by atoms with van der Waals surface area (Å²) in [5, 5.41) is 6.03. The average molecular weight is 652 g/mol. The predicted molar refractivity (Wildman–Crippen MR) is 167 cm³/mol. The highest BCUT2D eigenvalue weighted by Gasteiger charge is 2.40. The molecule has 8 nitrogen and oxygen atoms in total. The maximum absolute atomic E-state index is 13.7. The lowest BCUT2D eigenvalue weighted by Crippen LogP contribution is -2.54. The molecule has 0 N–H and O–H groups in total. The maximum atomic E-state index is 13.7. The molecular weight excluding hydrogens is 619 g/mol. The Morgan fingerprint density at radius 3 is 2.19 bits per heavy atom. The van der Waals surface area contributed by atoms with Gasteiger partial charge < -0.3 is 9.64 Å². The molecule has 1 aromatic heterocycles. The van der Waals surface area contributed by atoms with E-state index in [-0.39, 0.29) is 11.8 Å². The van der Waals surface area contributed by atoms with Crippen LogP contribution in [0.1, 0.15) is 49.7 Å². The highest BCUT2D eigenvalue weighted by Crippen LogP contribution is 2.36. The first-order chi connectivity index (χ1) is 19.7. The molecule has 12 heteroatoms. The molecule has 0 spiro atoms. The van der Waals surface area contributed by atoms with Crippen LogP contribution in [0.3, 0.4) is 0 Å². The molecule has 3 aromatic rings. The SMILES string of the molecule is Cc1c(C(=O)N=S2(=O)CCC(C3CN(C(=O)OC(C)(C)C)C3)CC2)nn(-c2ccc(Cl)cc2Cl)c1-c1ccc(Cl)cc1. The largest absolute Gasteiger partial charge is 0.444 e. The van der Waals surface area contributed by atoms with Crippen LogP contribution in [0.15, 0.2) is 46.8 Å². The van der Waals surface area contributed by atoms with Gasteiger partial charge in [-0.15, -0.1) is 0 Å². The third-order valence-electron chi connectivity index (χ3n) is 7.67. The predicted octanol–water partition coefficient (Wildman–Crippen LogP) is 7.69. The molecule has 0 atom stereocenters. The van der Waals surface area contributed by atoms with Crippen molar-refractivity contribution in [2.24, 2.45) is 16.2 Å². The van der Waals surface area contributed by atoms with E-state index >= 15 is 0 Å². The van der Waals surface area contributed by atoms with Gasteiger partial charge in [-0.2, -0.15) is 9.46 Å². The molecule has 42 heavy (non-hydrogen) atoms. The van der Waals surface area contributed by atoms with Crippen molar-refractivity contribution in [1.29, 1.82) is 0 Å². The molecule has 0 bridgehead atoms. The first kappa shape index (κ1) is 30.9. The zero-order valence-corrected chi connectivity index (χ0v) is 27.0. The summed E-state index contributed by atoms with van der Waals surface area (Å²) < 4.78 is 25.0. The van der Waals surface area contributed by atoms with Crippen LogP contribution in [-0.2, 0) is 14.5 Å². The second-order valence-electron chi connectivity index (χ2n) is 11.9. The van der Waals surface area contributed by atoms with Crippen LogP contribution in [0.4, 0.5) is 4.79 Å². The van der Waals surface area contributed by atoms with Crippen LogP contribution in [0, 0.1) is 18.8 Å². The highest BCUT2D eigenvalue weighted by molar-refractivity contribution is 7.93. The molecule has 3 heterocycles. The monoisotopic (exact) mass is 650 g/mol. The Balaban J connectivity index is 1.35. The van der Waals surface area contributed by atoms with Crippen molar-refractivity contribution in [3.63, 3.8) is 0 Å². The van der Waals surface area contributed by atoms with Gasteiger partial charge in [-0.05, 0) is 82.7 Å². The third kappa shape index (κ3) is 6.64. The van der Waals surface area contributed by atoms with Crippen molar-refractivity contribution < 1.29 is 18.5 Å². The Labute approximate surface area is 261 Å². The van der Waals surface area contributed by atoms with E-state index < -0.39 is 21.2 Å². The molecule has 2 fully saturated rings. The lowest BCUT2D eigenvalue weighted by atomic mass is 9.82. The molecule has 0 aliphatic carbocycles. The molecular formula is C30H33Cl3N4O4S. The summed E-state index contributed by atoms with van der Waals surface area (Å²) >= 11 is 18.8. The fourth-order valence-corrected chi connectivity index (χ4v) is 8.17. The Bertz CT molecular complexity index is 1640. The number of likely N-dealkylation sites (tertiary alicyclic amines) is 1. The smallest absolute Gasteiger partial charge is 0.410 e. The number of carbonyl (C=O) groups excluding carboxylic acids is 2. The number of benzene rings is 2. The Hall–Kier alpha value is -2.59. The van der Waals surface area contributed by atoms with Crippen LogP contribution in [0.2, 0.25) is 15.1 Å². The zero-order chi connectivity index (χ0) is 30.4. The molecule has 0 saturated carbocycles. The highest BCUT2D eigenvalue weighted by atomic mass is 35.5. The average Bonchev–Trinajstić information content (AvgIpc) is 3.20. The number of nitrogens with zero attached hydrogens (tertiary/aromatic N) is 4. The normalized spacial score (nSPS) is 21.1. The van der Waals surface area contributed by atoms with Crippen molar-refractivity contribution in [2.45, 2.75) is 46.1 Å². The van der Waals surface area contributed by atoms with Gasteiger partial charge in [-0.1, -0.05) is 46.9 Å². The number of hydrogen-bond donors (Lipinski definition) is 0. The van der Waals surface area contributed by atoms with Crippen LogP contribution in [0.25, 0.3) is 16.9 Å². The minimum absolute atomic E-state index is 0.114. The van der Waals surface area contributed by atoms with E-state index in [0.29, 0.717) is 81.3 Å². The second kappa shape index (κ2) is 11.8. The van der Waals surface area contributed by atoms with Gasteiger partial charge in [0.25, 0.3) is 0 Å². The van der Waals surface area contributed by atoms with Crippen LogP contribution in [-0.4, -0.2) is 61.1 Å². The molecule has 0 unspecified atom stereocenters. The van der Waals surface area contributed by atoms with Gasteiger partial charge in [0.2, 0.25) is 0 Å². The van der Waals surface area contributed by atoms with Gasteiger partial charge in [-0.25, -0.2) is 13.7 Å². The van der Waals surface area contributed by atoms with E-state index in [9.17, 15) is 13.8 Å². The molecule has 2 aromatic carbocycles.